The zero-order valence-electron chi connectivity index (χ0n) is 10.3. The molecule has 0 N–H and O–H groups in total. The van der Waals surface area contributed by atoms with Gasteiger partial charge in [-0.2, -0.15) is 0 Å². The van der Waals surface area contributed by atoms with Gasteiger partial charge in [0, 0.05) is 11.1 Å². The lowest BCUT2D eigenvalue weighted by atomic mass is 10.0. The summed E-state index contributed by atoms with van der Waals surface area (Å²) in [5.74, 6) is 0. The minimum Gasteiger partial charge on any atom is -0.256 e. The van der Waals surface area contributed by atoms with Crippen molar-refractivity contribution < 1.29 is 0 Å². The zero-order chi connectivity index (χ0) is 11.6. The van der Waals surface area contributed by atoms with Crippen LogP contribution in [0.3, 0.4) is 0 Å². The molecule has 0 atom stereocenters. The van der Waals surface area contributed by atoms with E-state index in [1.165, 1.54) is 18.4 Å². The molecule has 1 aromatic heterocycles. The summed E-state index contributed by atoms with van der Waals surface area (Å²) >= 11 is 6.16. The van der Waals surface area contributed by atoms with Gasteiger partial charge in [0.1, 0.15) is 0 Å². The fraction of sp³-hybridized carbons (Fsp3) is 0.615. The van der Waals surface area contributed by atoms with Crippen LogP contribution in [0.5, 0.6) is 0 Å². The molecule has 84 valence electrons. The quantitative estimate of drug-likeness (QED) is 0.689. The maximum Gasteiger partial charge on any atom is 0.0651 e. The number of aromatic nitrogens is 1. The second-order valence-electron chi connectivity index (χ2n) is 4.28. The van der Waals surface area contributed by atoms with Gasteiger partial charge in [0.25, 0.3) is 0 Å². The van der Waals surface area contributed by atoms with Crippen LogP contribution in [0.4, 0.5) is 0 Å². The number of hydrogen-bond donors (Lipinski definition) is 0. The molecule has 0 aliphatic heterocycles. The van der Waals surface area contributed by atoms with E-state index in [9.17, 15) is 0 Å². The lowest BCUT2D eigenvalue weighted by molar-refractivity contribution is 0.743. The number of aryl methyl sites for hydroxylation is 2. The van der Waals surface area contributed by atoms with Crippen molar-refractivity contribution in [3.8, 4) is 0 Å². The first kappa shape index (κ1) is 12.5. The van der Waals surface area contributed by atoms with E-state index in [0.717, 1.165) is 16.4 Å². The van der Waals surface area contributed by atoms with Crippen LogP contribution in [0.15, 0.2) is 6.07 Å². The molecule has 0 amide bonds. The summed E-state index contributed by atoms with van der Waals surface area (Å²) in [6.07, 6.45) is 2.45. The van der Waals surface area contributed by atoms with E-state index >= 15 is 0 Å². The Hall–Kier alpha value is -0.560. The summed E-state index contributed by atoms with van der Waals surface area (Å²) in [5.41, 5.74) is 3.65. The molecule has 0 saturated heterocycles. The molecule has 1 nitrogen and oxygen atoms in total. The lowest BCUT2D eigenvalue weighted by Gasteiger charge is -2.12. The van der Waals surface area contributed by atoms with Crippen molar-refractivity contribution in [3.63, 3.8) is 0 Å². The Balaban J connectivity index is 0.000000531. The molecule has 2 rings (SSSR count). The smallest absolute Gasteiger partial charge is 0.0651 e. The lowest BCUT2D eigenvalue weighted by Crippen LogP contribution is -2.06. The molecule has 1 aliphatic carbocycles. The van der Waals surface area contributed by atoms with Gasteiger partial charge in [0.2, 0.25) is 0 Å². The predicted octanol–water partition coefficient (Wildman–Crippen LogP) is 4.43. The first-order chi connectivity index (χ1) is 7.03. The minimum atomic E-state index is 0.273. The molecule has 0 unspecified atom stereocenters. The number of pyridine rings is 1. The van der Waals surface area contributed by atoms with E-state index in [1.54, 1.807) is 0 Å². The molecular weight excluding hydrogens is 206 g/mol. The number of rotatable bonds is 1. The molecule has 0 aromatic carbocycles. The van der Waals surface area contributed by atoms with Gasteiger partial charge in [0.15, 0.2) is 0 Å². The average molecular weight is 226 g/mol. The molecule has 0 radical (unpaired) electrons. The van der Waals surface area contributed by atoms with Crippen molar-refractivity contribution in [3.05, 3.63) is 28.0 Å². The van der Waals surface area contributed by atoms with Crippen molar-refractivity contribution in [2.45, 2.75) is 52.9 Å². The number of halogens is 1. The van der Waals surface area contributed by atoms with Crippen molar-refractivity contribution >= 4 is 11.6 Å². The summed E-state index contributed by atoms with van der Waals surface area (Å²) in [5, 5.41) is 0.836. The third-order valence-electron chi connectivity index (χ3n) is 2.99. The van der Waals surface area contributed by atoms with Gasteiger partial charge in [-0.05, 0) is 38.3 Å². The summed E-state index contributed by atoms with van der Waals surface area (Å²) in [6.45, 7) is 10.3. The fourth-order valence-electron chi connectivity index (χ4n) is 1.52. The highest BCUT2D eigenvalue weighted by Crippen LogP contribution is 2.49. The molecule has 0 bridgehead atoms. The van der Waals surface area contributed by atoms with Crippen LogP contribution in [-0.4, -0.2) is 4.98 Å². The fourth-order valence-corrected chi connectivity index (χ4v) is 1.95. The Morgan fingerprint density at radius 3 is 2.27 bits per heavy atom. The first-order valence-corrected chi connectivity index (χ1v) is 6.05. The van der Waals surface area contributed by atoms with Crippen LogP contribution in [0.25, 0.3) is 0 Å². The normalized spacial score (nSPS) is 16.7. The highest BCUT2D eigenvalue weighted by Gasteiger charge is 2.42. The van der Waals surface area contributed by atoms with Crippen molar-refractivity contribution in [2.24, 2.45) is 0 Å². The van der Waals surface area contributed by atoms with E-state index in [2.05, 4.69) is 11.9 Å². The summed E-state index contributed by atoms with van der Waals surface area (Å²) in [4.78, 5) is 4.57. The molecule has 0 spiro atoms. The zero-order valence-corrected chi connectivity index (χ0v) is 11.1. The second-order valence-corrected chi connectivity index (χ2v) is 4.69. The van der Waals surface area contributed by atoms with Crippen molar-refractivity contribution in [1.29, 1.82) is 0 Å². The third kappa shape index (κ3) is 2.52. The monoisotopic (exact) mass is 225 g/mol. The molecule has 1 aromatic rings. The highest BCUT2D eigenvalue weighted by molar-refractivity contribution is 6.31. The SMILES string of the molecule is CC.Cc1cc(Cl)c(C2(C)CC2)nc1C. The third-order valence-corrected chi connectivity index (χ3v) is 3.28. The van der Waals surface area contributed by atoms with E-state index < -0.39 is 0 Å². The van der Waals surface area contributed by atoms with Gasteiger partial charge < -0.3 is 0 Å². The van der Waals surface area contributed by atoms with Gasteiger partial charge in [-0.15, -0.1) is 0 Å². The molecule has 1 heterocycles. The Morgan fingerprint density at radius 2 is 1.80 bits per heavy atom. The molecular formula is C13H20ClN. The number of nitrogens with zero attached hydrogens (tertiary/aromatic N) is 1. The van der Waals surface area contributed by atoms with E-state index in [0.29, 0.717) is 0 Å². The van der Waals surface area contributed by atoms with E-state index in [-0.39, 0.29) is 5.41 Å². The van der Waals surface area contributed by atoms with Gasteiger partial charge in [-0.1, -0.05) is 32.4 Å². The predicted molar refractivity (Wildman–Crippen MR) is 66.7 cm³/mol. The minimum absolute atomic E-state index is 0.273. The summed E-state index contributed by atoms with van der Waals surface area (Å²) < 4.78 is 0. The first-order valence-electron chi connectivity index (χ1n) is 5.67. The maximum atomic E-state index is 6.16. The van der Waals surface area contributed by atoms with Gasteiger partial charge in [0.05, 0.1) is 10.7 Å². The molecule has 2 heteroatoms. The van der Waals surface area contributed by atoms with Crippen LogP contribution in [-0.2, 0) is 5.41 Å². The van der Waals surface area contributed by atoms with Crippen molar-refractivity contribution in [1.82, 2.24) is 4.98 Å². The Bertz CT molecular complexity index is 354. The van der Waals surface area contributed by atoms with Gasteiger partial charge in [-0.25, -0.2) is 0 Å². The molecule has 1 aliphatic rings. The molecule has 15 heavy (non-hydrogen) atoms. The highest BCUT2D eigenvalue weighted by atomic mass is 35.5. The standard InChI is InChI=1S/C11H14ClN.C2H6/c1-7-6-9(12)10(13-8(7)2)11(3)4-5-11;1-2/h6H,4-5H2,1-3H3;1-2H3. The number of hydrogen-bond acceptors (Lipinski definition) is 1. The molecule has 1 fully saturated rings. The van der Waals surface area contributed by atoms with Crippen LogP contribution < -0.4 is 0 Å². The Kier molecular flexibility index (Phi) is 3.77. The largest absolute Gasteiger partial charge is 0.256 e. The van der Waals surface area contributed by atoms with Gasteiger partial charge in [-0.3, -0.25) is 4.98 Å². The van der Waals surface area contributed by atoms with Crippen LogP contribution in [0.2, 0.25) is 5.02 Å². The summed E-state index contributed by atoms with van der Waals surface area (Å²) in [7, 11) is 0. The Labute approximate surface area is 97.9 Å². The van der Waals surface area contributed by atoms with Crippen molar-refractivity contribution in [2.75, 3.05) is 0 Å². The van der Waals surface area contributed by atoms with E-state index in [4.69, 9.17) is 11.6 Å². The second kappa shape index (κ2) is 4.52. The average Bonchev–Trinajstić information content (AvgIpc) is 2.94. The van der Waals surface area contributed by atoms with Crippen LogP contribution >= 0.6 is 11.6 Å². The topological polar surface area (TPSA) is 12.9 Å². The van der Waals surface area contributed by atoms with Crippen LogP contribution in [0.1, 0.15) is 50.6 Å². The van der Waals surface area contributed by atoms with Gasteiger partial charge >= 0.3 is 0 Å². The van der Waals surface area contributed by atoms with E-state index in [1.807, 2.05) is 33.8 Å². The Morgan fingerprint density at radius 1 is 1.27 bits per heavy atom. The molecule has 1 saturated carbocycles. The summed E-state index contributed by atoms with van der Waals surface area (Å²) in [6, 6.07) is 2.03. The maximum absolute atomic E-state index is 6.16. The van der Waals surface area contributed by atoms with Crippen LogP contribution in [0, 0.1) is 13.8 Å².